The smallest absolute Gasteiger partial charge is 0.252 e. The van der Waals surface area contributed by atoms with Crippen LogP contribution in [0.15, 0.2) is 42.5 Å². The number of hydrogen-bond donors (Lipinski definition) is 2. The Hall–Kier alpha value is -2.95. The molecule has 27 heavy (non-hydrogen) atoms. The molecule has 0 saturated carbocycles. The first-order chi connectivity index (χ1) is 12.6. The van der Waals surface area contributed by atoms with Crippen LogP contribution in [0.4, 0.5) is 0 Å². The first kappa shape index (κ1) is 20.4. The van der Waals surface area contributed by atoms with Gasteiger partial charge in [-0.3, -0.25) is 14.4 Å². The van der Waals surface area contributed by atoms with E-state index in [0.29, 0.717) is 11.1 Å². The molecule has 0 atom stereocenters. The molecule has 2 N–H and O–H groups in total. The third-order valence-electron chi connectivity index (χ3n) is 4.11. The van der Waals surface area contributed by atoms with Crippen LogP contribution in [-0.4, -0.2) is 29.7 Å². The van der Waals surface area contributed by atoms with Crippen LogP contribution >= 0.6 is 0 Å². The van der Waals surface area contributed by atoms with E-state index in [1.165, 1.54) is 0 Å². The second-order valence-electron chi connectivity index (χ2n) is 7.65. The van der Waals surface area contributed by atoms with Gasteiger partial charge in [0.2, 0.25) is 5.91 Å². The second-order valence-corrected chi connectivity index (χ2v) is 7.65. The number of benzene rings is 2. The topological polar surface area (TPSA) is 75.3 Å². The minimum absolute atomic E-state index is 0.151. The van der Waals surface area contributed by atoms with Crippen molar-refractivity contribution in [1.29, 1.82) is 0 Å². The van der Waals surface area contributed by atoms with Crippen LogP contribution in [0.5, 0.6) is 0 Å². The van der Waals surface area contributed by atoms with Gasteiger partial charge in [-0.2, -0.15) is 0 Å². The first-order valence-corrected chi connectivity index (χ1v) is 8.88. The summed E-state index contributed by atoms with van der Waals surface area (Å²) in [4.78, 5) is 37.4. The van der Waals surface area contributed by atoms with Crippen LogP contribution in [0, 0.1) is 13.8 Å². The van der Waals surface area contributed by atoms with Crippen molar-refractivity contribution in [3.05, 3.63) is 70.3 Å². The van der Waals surface area contributed by atoms with E-state index in [9.17, 15) is 14.4 Å². The Kier molecular flexibility index (Phi) is 6.16. The van der Waals surface area contributed by atoms with Gasteiger partial charge in [0.25, 0.3) is 5.91 Å². The Balaban J connectivity index is 2.19. The third kappa shape index (κ3) is 5.51. The summed E-state index contributed by atoms with van der Waals surface area (Å²) < 4.78 is 0. The molecule has 2 aromatic carbocycles. The third-order valence-corrected chi connectivity index (χ3v) is 4.11. The molecule has 0 spiro atoms. The summed E-state index contributed by atoms with van der Waals surface area (Å²) in [5.41, 5.74) is 2.84. The lowest BCUT2D eigenvalue weighted by atomic mass is 9.95. The molecule has 0 aromatic heterocycles. The van der Waals surface area contributed by atoms with Gasteiger partial charge in [0, 0.05) is 16.7 Å². The van der Waals surface area contributed by atoms with Crippen molar-refractivity contribution in [3.63, 3.8) is 0 Å². The Morgan fingerprint density at radius 2 is 1.52 bits per heavy atom. The molecule has 142 valence electrons. The van der Waals surface area contributed by atoms with Gasteiger partial charge in [-0.1, -0.05) is 30.3 Å². The molecule has 2 amide bonds. The van der Waals surface area contributed by atoms with E-state index in [1.54, 1.807) is 30.3 Å². The molecule has 0 fully saturated rings. The Morgan fingerprint density at radius 1 is 0.889 bits per heavy atom. The molecule has 5 heteroatoms. The fourth-order valence-electron chi connectivity index (χ4n) is 2.64. The summed E-state index contributed by atoms with van der Waals surface area (Å²) in [5.74, 6) is -0.955. The van der Waals surface area contributed by atoms with Gasteiger partial charge in [0.1, 0.15) is 0 Å². The zero-order chi connectivity index (χ0) is 20.2. The van der Waals surface area contributed by atoms with Gasteiger partial charge in [-0.05, 0) is 57.9 Å². The highest BCUT2D eigenvalue weighted by molar-refractivity contribution is 6.15. The lowest BCUT2D eigenvalue weighted by Gasteiger charge is -2.20. The normalized spacial score (nSPS) is 11.0. The maximum atomic E-state index is 12.9. The van der Waals surface area contributed by atoms with Crippen molar-refractivity contribution in [1.82, 2.24) is 10.6 Å². The van der Waals surface area contributed by atoms with E-state index in [1.807, 2.05) is 46.8 Å². The molecule has 2 aromatic rings. The molecular weight excluding hydrogens is 340 g/mol. The molecule has 2 rings (SSSR count). The number of nitrogens with one attached hydrogen (secondary N) is 2. The van der Waals surface area contributed by atoms with E-state index in [4.69, 9.17) is 0 Å². The molecule has 0 saturated heterocycles. The number of ketones is 1. The van der Waals surface area contributed by atoms with Crippen LogP contribution in [0.1, 0.15) is 58.2 Å². The van der Waals surface area contributed by atoms with Crippen LogP contribution in [0.25, 0.3) is 0 Å². The highest BCUT2D eigenvalue weighted by Crippen LogP contribution is 2.17. The van der Waals surface area contributed by atoms with E-state index in [0.717, 1.165) is 11.1 Å². The zero-order valence-electron chi connectivity index (χ0n) is 16.5. The van der Waals surface area contributed by atoms with Crippen molar-refractivity contribution < 1.29 is 14.4 Å². The lowest BCUT2D eigenvalue weighted by molar-refractivity contribution is -0.121. The van der Waals surface area contributed by atoms with Gasteiger partial charge >= 0.3 is 0 Å². The number of carbonyl (C=O) groups is 3. The summed E-state index contributed by atoms with van der Waals surface area (Å²) >= 11 is 0. The number of hydrogen-bond acceptors (Lipinski definition) is 3. The molecule has 0 bridgehead atoms. The average Bonchev–Trinajstić information content (AvgIpc) is 2.60. The fraction of sp³-hybridized carbons (Fsp3) is 0.318. The van der Waals surface area contributed by atoms with E-state index in [2.05, 4.69) is 10.6 Å². The van der Waals surface area contributed by atoms with Crippen molar-refractivity contribution in [3.8, 4) is 0 Å². The molecule has 0 unspecified atom stereocenters. The largest absolute Gasteiger partial charge is 0.350 e. The molecule has 5 nitrogen and oxygen atoms in total. The van der Waals surface area contributed by atoms with Crippen LogP contribution < -0.4 is 10.6 Å². The van der Waals surface area contributed by atoms with Crippen LogP contribution in [0.2, 0.25) is 0 Å². The van der Waals surface area contributed by atoms with Crippen LogP contribution in [-0.2, 0) is 4.79 Å². The molecule has 0 aliphatic rings. The quantitative estimate of drug-likeness (QED) is 0.798. The van der Waals surface area contributed by atoms with Crippen molar-refractivity contribution in [2.24, 2.45) is 0 Å². The fourth-order valence-corrected chi connectivity index (χ4v) is 2.64. The van der Waals surface area contributed by atoms with Gasteiger partial charge in [0.05, 0.1) is 12.1 Å². The van der Waals surface area contributed by atoms with E-state index in [-0.39, 0.29) is 29.3 Å². The van der Waals surface area contributed by atoms with Crippen molar-refractivity contribution >= 4 is 17.6 Å². The Bertz CT molecular complexity index is 879. The molecule has 0 radical (unpaired) electrons. The average molecular weight is 366 g/mol. The molecule has 0 aliphatic heterocycles. The molecule has 0 aliphatic carbocycles. The van der Waals surface area contributed by atoms with Crippen molar-refractivity contribution in [2.45, 2.75) is 40.2 Å². The molecule has 0 heterocycles. The van der Waals surface area contributed by atoms with Gasteiger partial charge in [-0.15, -0.1) is 0 Å². The first-order valence-electron chi connectivity index (χ1n) is 8.88. The molecular formula is C22H26N2O3. The summed E-state index contributed by atoms with van der Waals surface area (Å²) in [7, 11) is 0. The van der Waals surface area contributed by atoms with Gasteiger partial charge < -0.3 is 10.6 Å². The summed E-state index contributed by atoms with van der Waals surface area (Å²) in [6.07, 6.45) is 0. The van der Waals surface area contributed by atoms with Crippen molar-refractivity contribution in [2.75, 3.05) is 6.54 Å². The Labute approximate surface area is 160 Å². The van der Waals surface area contributed by atoms with E-state index >= 15 is 0 Å². The SMILES string of the molecule is Cc1ccc(C(=O)c2ccccc2C(=O)NCC(=O)NC(C)(C)C)cc1C. The highest BCUT2D eigenvalue weighted by atomic mass is 16.2. The minimum Gasteiger partial charge on any atom is -0.350 e. The highest BCUT2D eigenvalue weighted by Gasteiger charge is 2.20. The number of amides is 2. The monoisotopic (exact) mass is 366 g/mol. The number of rotatable bonds is 5. The Morgan fingerprint density at radius 3 is 2.11 bits per heavy atom. The number of aryl methyl sites for hydroxylation is 2. The van der Waals surface area contributed by atoms with Crippen LogP contribution in [0.3, 0.4) is 0 Å². The lowest BCUT2D eigenvalue weighted by Crippen LogP contribution is -2.46. The maximum absolute atomic E-state index is 12.9. The summed E-state index contributed by atoms with van der Waals surface area (Å²) in [5, 5.41) is 5.37. The summed E-state index contributed by atoms with van der Waals surface area (Å²) in [6, 6.07) is 12.1. The second kappa shape index (κ2) is 8.16. The predicted octanol–water partition coefficient (Wildman–Crippen LogP) is 3.18. The maximum Gasteiger partial charge on any atom is 0.252 e. The van der Waals surface area contributed by atoms with E-state index < -0.39 is 5.91 Å². The number of carbonyl (C=O) groups excluding carboxylic acids is 3. The predicted molar refractivity (Wildman–Crippen MR) is 106 cm³/mol. The standard InChI is InChI=1S/C22H26N2O3/c1-14-10-11-16(12-15(14)2)20(26)17-8-6-7-9-18(17)21(27)23-13-19(25)24-22(3,4)5/h6-12H,13H2,1-5H3,(H,23,27)(H,24,25). The summed E-state index contributed by atoms with van der Waals surface area (Å²) in [6.45, 7) is 9.37. The van der Waals surface area contributed by atoms with Gasteiger partial charge in [0.15, 0.2) is 5.78 Å². The zero-order valence-corrected chi connectivity index (χ0v) is 16.5. The minimum atomic E-state index is -0.452. The van der Waals surface area contributed by atoms with Gasteiger partial charge in [-0.25, -0.2) is 0 Å².